The number of sulfonamides is 1. The Labute approximate surface area is 290 Å². The molecule has 0 aliphatic carbocycles. The number of nitrogens with zero attached hydrogens (tertiary/aromatic N) is 3. The van der Waals surface area contributed by atoms with E-state index in [9.17, 15) is 13.2 Å². The van der Waals surface area contributed by atoms with Gasteiger partial charge >= 0.3 is 0 Å². The van der Waals surface area contributed by atoms with Gasteiger partial charge in [0, 0.05) is 48.9 Å². The Balaban J connectivity index is 1.72. The van der Waals surface area contributed by atoms with Crippen molar-refractivity contribution in [1.82, 2.24) is 9.80 Å². The van der Waals surface area contributed by atoms with E-state index in [1.807, 2.05) is 24.3 Å². The molecule has 11 nitrogen and oxygen atoms in total. The summed E-state index contributed by atoms with van der Waals surface area (Å²) in [5.74, 6) is -0.0718. The number of methoxy groups -OCH3 is 4. The van der Waals surface area contributed by atoms with Crippen molar-refractivity contribution in [3.05, 3.63) is 106 Å². The summed E-state index contributed by atoms with van der Waals surface area (Å²) in [5, 5.41) is 0.262. The maximum Gasteiger partial charge on any atom is 0.274 e. The highest BCUT2D eigenvalue weighted by molar-refractivity contribution is 7.93. The number of hydrogen-bond donors (Lipinski definition) is 0. The second kappa shape index (κ2) is 12.9. The van der Waals surface area contributed by atoms with E-state index in [1.54, 1.807) is 43.3 Å². The van der Waals surface area contributed by atoms with Gasteiger partial charge in [-0.25, -0.2) is 12.7 Å². The van der Waals surface area contributed by atoms with Crippen LogP contribution in [-0.4, -0.2) is 78.6 Å². The van der Waals surface area contributed by atoms with E-state index < -0.39 is 27.5 Å². The normalized spacial score (nSPS) is 18.8. The summed E-state index contributed by atoms with van der Waals surface area (Å²) in [6.45, 7) is 0.118. The van der Waals surface area contributed by atoms with Crippen LogP contribution in [0, 0.1) is 0 Å². The number of carbonyl (C=O) groups excluding carboxylic acids is 2. The van der Waals surface area contributed by atoms with Gasteiger partial charge in [0.1, 0.15) is 27.9 Å². The minimum atomic E-state index is -4.67. The second-order valence-corrected chi connectivity index (χ2v) is 14.1. The van der Waals surface area contributed by atoms with Crippen LogP contribution in [-0.2, 0) is 38.1 Å². The average molecular weight is 706 g/mol. The molecular formula is C36H36ClN3O8S. The van der Waals surface area contributed by atoms with Crippen LogP contribution >= 0.6 is 11.6 Å². The van der Waals surface area contributed by atoms with E-state index in [4.69, 9.17) is 30.5 Å². The molecule has 0 N–H and O–H groups in total. The summed E-state index contributed by atoms with van der Waals surface area (Å²) in [7, 11) is 4.37. The van der Waals surface area contributed by atoms with Crippen molar-refractivity contribution in [2.24, 2.45) is 0 Å². The van der Waals surface area contributed by atoms with E-state index in [0.29, 0.717) is 17.1 Å². The lowest BCUT2D eigenvalue weighted by Gasteiger charge is -2.47. The quantitative estimate of drug-likeness (QED) is 0.241. The number of benzene rings is 4. The fourth-order valence-electron chi connectivity index (χ4n) is 6.86. The van der Waals surface area contributed by atoms with Crippen LogP contribution in [0.5, 0.6) is 23.0 Å². The Morgan fingerprint density at radius 3 is 2.08 bits per heavy atom. The maximum atomic E-state index is 15.7. The van der Waals surface area contributed by atoms with Crippen LogP contribution in [0.4, 0.5) is 5.69 Å². The molecule has 2 aliphatic rings. The predicted octanol–water partition coefficient (Wildman–Crippen LogP) is 4.87. The lowest BCUT2D eigenvalue weighted by Crippen LogP contribution is -2.62. The second-order valence-electron chi connectivity index (χ2n) is 11.9. The van der Waals surface area contributed by atoms with Crippen molar-refractivity contribution in [2.75, 3.05) is 46.8 Å². The summed E-state index contributed by atoms with van der Waals surface area (Å²) in [6, 6.07) is 20.6. The fourth-order valence-corrected chi connectivity index (χ4v) is 8.63. The molecule has 4 aromatic carbocycles. The van der Waals surface area contributed by atoms with Crippen LogP contribution in [0.15, 0.2) is 83.8 Å². The fraction of sp³-hybridized carbons (Fsp3) is 0.278. The Kier molecular flexibility index (Phi) is 8.99. The van der Waals surface area contributed by atoms with Gasteiger partial charge in [0.25, 0.3) is 15.9 Å². The van der Waals surface area contributed by atoms with E-state index in [0.717, 1.165) is 15.4 Å². The van der Waals surface area contributed by atoms with Gasteiger partial charge in [0.05, 0.1) is 40.2 Å². The third-order valence-electron chi connectivity index (χ3n) is 9.15. The topological polar surface area (TPSA) is 115 Å². The van der Waals surface area contributed by atoms with Crippen molar-refractivity contribution >= 4 is 39.1 Å². The molecule has 0 spiro atoms. The van der Waals surface area contributed by atoms with Gasteiger partial charge in [0.15, 0.2) is 5.54 Å². The minimum absolute atomic E-state index is 0.0187. The van der Waals surface area contributed by atoms with E-state index in [-0.39, 0.29) is 51.5 Å². The number of hydrogen-bond acceptors (Lipinski definition) is 9. The Morgan fingerprint density at radius 2 is 1.45 bits per heavy atom. The van der Waals surface area contributed by atoms with Crippen molar-refractivity contribution in [2.45, 2.75) is 29.4 Å². The number of halogens is 1. The largest absolute Gasteiger partial charge is 0.497 e. The first-order valence-corrected chi connectivity index (χ1v) is 17.1. The van der Waals surface area contributed by atoms with Crippen LogP contribution in [0.3, 0.4) is 0 Å². The smallest absolute Gasteiger partial charge is 0.274 e. The SMILES string of the molecule is COc1ccc(C2(N3Cc4ccccc4C[C@H]3C(=O)N(C)C)C(=O)N(S(=O)(=O)c3ccc(OC)cc3OC)c3ccc(Cl)cc32)c(OC)c1. The van der Waals surface area contributed by atoms with Crippen molar-refractivity contribution in [3.8, 4) is 23.0 Å². The molecule has 49 heavy (non-hydrogen) atoms. The minimum Gasteiger partial charge on any atom is -0.497 e. The highest BCUT2D eigenvalue weighted by atomic mass is 35.5. The molecular weight excluding hydrogens is 670 g/mol. The molecule has 4 aromatic rings. The lowest BCUT2D eigenvalue weighted by atomic mass is 9.77. The number of rotatable bonds is 9. The first kappa shape index (κ1) is 34.1. The molecule has 2 amide bonds. The van der Waals surface area contributed by atoms with Crippen molar-refractivity contribution < 1.29 is 37.0 Å². The zero-order chi connectivity index (χ0) is 35.2. The van der Waals surface area contributed by atoms with Gasteiger partial charge in [-0.1, -0.05) is 35.9 Å². The number of carbonyl (C=O) groups is 2. The van der Waals surface area contributed by atoms with Gasteiger partial charge in [0.2, 0.25) is 5.91 Å². The number of amides is 2. The number of fused-ring (bicyclic) bond motifs is 2. The Bertz CT molecular complexity index is 2070. The summed E-state index contributed by atoms with van der Waals surface area (Å²) in [5.41, 5.74) is 0.529. The standard InChI is InChI=1S/C36H36ClN3O8S/c1-38(2)34(41)30-17-22-9-7-8-10-23(22)21-39(30)36(27-14-12-25(45-3)19-31(27)47-5)28-18-24(37)11-15-29(28)40(35(36)42)49(43,44)33-16-13-26(46-4)20-32(33)48-6/h7-16,18-20,30H,17,21H2,1-6H3/t30-,36?/m0/s1. The number of likely N-dealkylation sites (N-methyl/N-ethyl adjacent to an activating group) is 1. The molecule has 2 atom stereocenters. The predicted molar refractivity (Wildman–Crippen MR) is 184 cm³/mol. The van der Waals surface area contributed by atoms with E-state index in [1.165, 1.54) is 63.7 Å². The molecule has 0 saturated heterocycles. The van der Waals surface area contributed by atoms with Gasteiger partial charge in [-0.3, -0.25) is 14.5 Å². The first-order valence-electron chi connectivity index (χ1n) is 15.3. The highest BCUT2D eigenvalue weighted by Gasteiger charge is 2.63. The van der Waals surface area contributed by atoms with E-state index >= 15 is 4.79 Å². The summed E-state index contributed by atoms with van der Waals surface area (Å²) in [6.07, 6.45) is 0.260. The lowest BCUT2D eigenvalue weighted by molar-refractivity contribution is -0.141. The molecule has 2 heterocycles. The van der Waals surface area contributed by atoms with Gasteiger partial charge in [-0.2, -0.15) is 0 Å². The van der Waals surface area contributed by atoms with Gasteiger partial charge < -0.3 is 23.8 Å². The highest BCUT2D eigenvalue weighted by Crippen LogP contribution is 2.55. The molecule has 0 saturated carbocycles. The van der Waals surface area contributed by atoms with E-state index in [2.05, 4.69) is 0 Å². The summed E-state index contributed by atoms with van der Waals surface area (Å²) < 4.78 is 52.7. The molecule has 1 unspecified atom stereocenters. The van der Waals surface area contributed by atoms with Crippen LogP contribution in [0.2, 0.25) is 5.02 Å². The van der Waals surface area contributed by atoms with Crippen molar-refractivity contribution in [1.29, 1.82) is 0 Å². The molecule has 256 valence electrons. The van der Waals surface area contributed by atoms with Crippen molar-refractivity contribution in [3.63, 3.8) is 0 Å². The molecule has 13 heteroatoms. The van der Waals surface area contributed by atoms with Gasteiger partial charge in [-0.15, -0.1) is 0 Å². The van der Waals surface area contributed by atoms with Crippen LogP contribution < -0.4 is 23.3 Å². The molecule has 2 aliphatic heterocycles. The number of anilines is 1. The molecule has 0 radical (unpaired) electrons. The van der Waals surface area contributed by atoms with Crippen LogP contribution in [0.1, 0.15) is 22.3 Å². The molecule has 6 rings (SSSR count). The zero-order valence-electron chi connectivity index (χ0n) is 27.9. The molecule has 0 bridgehead atoms. The third-order valence-corrected chi connectivity index (χ3v) is 11.1. The zero-order valence-corrected chi connectivity index (χ0v) is 29.5. The number of ether oxygens (including phenoxy) is 4. The third kappa shape index (κ3) is 5.34. The maximum absolute atomic E-state index is 15.7. The average Bonchev–Trinajstić information content (AvgIpc) is 3.37. The first-order chi connectivity index (χ1) is 23.4. The Morgan fingerprint density at radius 1 is 0.816 bits per heavy atom. The monoisotopic (exact) mass is 705 g/mol. The summed E-state index contributed by atoms with van der Waals surface area (Å²) in [4.78, 5) is 32.9. The summed E-state index contributed by atoms with van der Waals surface area (Å²) >= 11 is 6.68. The molecule has 0 fully saturated rings. The van der Waals surface area contributed by atoms with Crippen LogP contribution in [0.25, 0.3) is 0 Å². The Hall–Kier alpha value is -4.78. The molecule has 0 aromatic heterocycles. The van der Waals surface area contributed by atoms with Gasteiger partial charge in [-0.05, 0) is 60.0 Å².